The molecule has 1 aliphatic heterocycles. The van der Waals surface area contributed by atoms with Gasteiger partial charge in [-0.3, -0.25) is 4.90 Å². The Morgan fingerprint density at radius 3 is 2.78 bits per heavy atom. The van der Waals surface area contributed by atoms with Gasteiger partial charge in [0.05, 0.1) is 31.1 Å². The first-order valence-corrected chi connectivity index (χ1v) is 9.17. The number of nitrogens with zero attached hydrogens (tertiary/aromatic N) is 4. The molecule has 1 aromatic heterocycles. The summed E-state index contributed by atoms with van der Waals surface area (Å²) < 4.78 is 12.2. The minimum atomic E-state index is -0.980. The number of benzene rings is 1. The summed E-state index contributed by atoms with van der Waals surface area (Å²) in [6.45, 7) is 6.69. The maximum absolute atomic E-state index is 11.7. The maximum atomic E-state index is 11.7. The summed E-state index contributed by atoms with van der Waals surface area (Å²) in [5.41, 5.74) is 0.741. The van der Waals surface area contributed by atoms with E-state index in [2.05, 4.69) is 16.9 Å². The van der Waals surface area contributed by atoms with Crippen LogP contribution in [0.4, 0.5) is 0 Å². The monoisotopic (exact) mass is 374 g/mol. The van der Waals surface area contributed by atoms with Gasteiger partial charge in [-0.05, 0) is 12.1 Å². The number of carboxylic acids is 1. The van der Waals surface area contributed by atoms with Crippen molar-refractivity contribution in [3.63, 3.8) is 0 Å². The molecule has 1 saturated heterocycles. The quantitative estimate of drug-likeness (QED) is 0.750. The van der Waals surface area contributed by atoms with Gasteiger partial charge in [0.1, 0.15) is 5.82 Å². The zero-order chi connectivity index (χ0) is 19.2. The summed E-state index contributed by atoms with van der Waals surface area (Å²) in [6, 6.07) is 6.88. The molecule has 1 atom stereocenters. The zero-order valence-electron chi connectivity index (χ0n) is 15.8. The lowest BCUT2D eigenvalue weighted by atomic mass is 10.1. The normalized spacial score (nSPS) is 16.4. The molecule has 0 aliphatic carbocycles. The number of methoxy groups -OCH3 is 1. The highest BCUT2D eigenvalue weighted by Gasteiger charge is 2.23. The van der Waals surface area contributed by atoms with Crippen molar-refractivity contribution in [2.24, 2.45) is 0 Å². The Kier molecular flexibility index (Phi) is 6.54. The van der Waals surface area contributed by atoms with Gasteiger partial charge in [-0.25, -0.2) is 14.5 Å². The number of aromatic nitrogens is 3. The van der Waals surface area contributed by atoms with Crippen LogP contribution in [-0.2, 0) is 15.9 Å². The van der Waals surface area contributed by atoms with E-state index in [4.69, 9.17) is 14.5 Å². The molecule has 2 aromatic rings. The topological polar surface area (TPSA) is 89.7 Å². The molecular weight excluding hydrogens is 348 g/mol. The average molecular weight is 374 g/mol. The van der Waals surface area contributed by atoms with Gasteiger partial charge in [0, 0.05) is 39.1 Å². The molecule has 0 amide bonds. The minimum absolute atomic E-state index is 0.0914. The van der Waals surface area contributed by atoms with E-state index < -0.39 is 5.97 Å². The van der Waals surface area contributed by atoms with E-state index >= 15 is 0 Å². The van der Waals surface area contributed by atoms with Gasteiger partial charge < -0.3 is 14.6 Å². The molecule has 3 rings (SSSR count). The highest BCUT2D eigenvalue weighted by molar-refractivity contribution is 5.91. The Morgan fingerprint density at radius 1 is 1.33 bits per heavy atom. The molecule has 0 spiro atoms. The molecule has 8 heteroatoms. The van der Waals surface area contributed by atoms with Crippen LogP contribution in [0.3, 0.4) is 0 Å². The van der Waals surface area contributed by atoms with Crippen LogP contribution in [0.2, 0.25) is 0 Å². The largest absolute Gasteiger partial charge is 0.478 e. The summed E-state index contributed by atoms with van der Waals surface area (Å²) in [5, 5.41) is 14.2. The summed E-state index contributed by atoms with van der Waals surface area (Å²) in [4.78, 5) is 18.7. The van der Waals surface area contributed by atoms with Crippen LogP contribution in [0.1, 0.15) is 34.8 Å². The lowest BCUT2D eigenvalue weighted by Gasteiger charge is -2.28. The molecule has 0 radical (unpaired) electrons. The van der Waals surface area contributed by atoms with Gasteiger partial charge >= 0.3 is 5.97 Å². The second-order valence-electron chi connectivity index (χ2n) is 6.68. The standard InChI is InChI=1S/C19H26N4O4/c1-14(13-22-8-11-27-12-9-22)18-20-17(7-10-26-2)21-23(18)16-6-4-3-5-15(16)19(24)25/h3-6,14H,7-13H2,1-2H3,(H,24,25)/t14-/m1/s1. The Bertz CT molecular complexity index is 771. The summed E-state index contributed by atoms with van der Waals surface area (Å²) in [7, 11) is 1.64. The third-order valence-electron chi connectivity index (χ3n) is 4.65. The molecule has 2 heterocycles. The van der Waals surface area contributed by atoms with Gasteiger partial charge in [0.2, 0.25) is 0 Å². The first kappa shape index (κ1) is 19.5. The number of hydrogen-bond donors (Lipinski definition) is 1. The third kappa shape index (κ3) is 4.71. The Hall–Kier alpha value is -2.29. The van der Waals surface area contributed by atoms with Crippen molar-refractivity contribution >= 4 is 5.97 Å². The van der Waals surface area contributed by atoms with Gasteiger partial charge in [-0.2, -0.15) is 5.10 Å². The van der Waals surface area contributed by atoms with E-state index in [-0.39, 0.29) is 11.5 Å². The number of aromatic carboxylic acids is 1. The van der Waals surface area contributed by atoms with Crippen LogP contribution in [0.5, 0.6) is 0 Å². The molecular formula is C19H26N4O4. The number of rotatable bonds is 8. The fourth-order valence-electron chi connectivity index (χ4n) is 3.26. The van der Waals surface area contributed by atoms with E-state index in [1.54, 1.807) is 30.0 Å². The number of carboxylic acid groups (broad SMARTS) is 1. The molecule has 1 aromatic carbocycles. The number of morpholine rings is 1. The lowest BCUT2D eigenvalue weighted by Crippen LogP contribution is -2.38. The Morgan fingerprint density at radius 2 is 2.07 bits per heavy atom. The Balaban J connectivity index is 1.94. The van der Waals surface area contributed by atoms with Crippen LogP contribution >= 0.6 is 0 Å². The summed E-state index contributed by atoms with van der Waals surface area (Å²) >= 11 is 0. The fourth-order valence-corrected chi connectivity index (χ4v) is 3.26. The zero-order valence-corrected chi connectivity index (χ0v) is 15.8. The minimum Gasteiger partial charge on any atom is -0.478 e. The van der Waals surface area contributed by atoms with Crippen molar-refractivity contribution < 1.29 is 19.4 Å². The van der Waals surface area contributed by atoms with Crippen LogP contribution in [0.15, 0.2) is 24.3 Å². The average Bonchev–Trinajstić information content (AvgIpc) is 3.11. The second-order valence-corrected chi connectivity index (χ2v) is 6.68. The molecule has 0 bridgehead atoms. The van der Waals surface area contributed by atoms with Gasteiger partial charge in [-0.15, -0.1) is 0 Å². The number of ether oxygens (including phenoxy) is 2. The van der Waals surface area contributed by atoms with E-state index in [0.29, 0.717) is 24.5 Å². The number of hydrogen-bond acceptors (Lipinski definition) is 6. The maximum Gasteiger partial charge on any atom is 0.337 e. The van der Waals surface area contributed by atoms with Gasteiger partial charge in [0.25, 0.3) is 0 Å². The summed E-state index contributed by atoms with van der Waals surface area (Å²) in [5.74, 6) is 0.530. The van der Waals surface area contributed by atoms with E-state index in [0.717, 1.165) is 38.7 Å². The number of carbonyl (C=O) groups is 1. The second kappa shape index (κ2) is 9.07. The van der Waals surface area contributed by atoms with E-state index in [1.807, 2.05) is 6.07 Å². The highest BCUT2D eigenvalue weighted by atomic mass is 16.5. The molecule has 0 saturated carbocycles. The predicted octanol–water partition coefficient (Wildman–Crippen LogP) is 1.59. The van der Waals surface area contributed by atoms with Gasteiger partial charge in [0.15, 0.2) is 5.82 Å². The molecule has 0 unspecified atom stereocenters. The first-order chi connectivity index (χ1) is 13.1. The first-order valence-electron chi connectivity index (χ1n) is 9.17. The van der Waals surface area contributed by atoms with Crippen molar-refractivity contribution in [2.75, 3.05) is 46.6 Å². The van der Waals surface area contributed by atoms with E-state index in [1.165, 1.54) is 0 Å². The van der Waals surface area contributed by atoms with Crippen molar-refractivity contribution in [3.8, 4) is 5.69 Å². The molecule has 1 N–H and O–H groups in total. The van der Waals surface area contributed by atoms with Gasteiger partial charge in [-0.1, -0.05) is 19.1 Å². The van der Waals surface area contributed by atoms with Crippen molar-refractivity contribution in [1.82, 2.24) is 19.7 Å². The van der Waals surface area contributed by atoms with Crippen LogP contribution < -0.4 is 0 Å². The SMILES string of the molecule is COCCc1nc([C@H](C)CN2CCOCC2)n(-c2ccccc2C(=O)O)n1. The Labute approximate surface area is 158 Å². The third-order valence-corrected chi connectivity index (χ3v) is 4.65. The van der Waals surface area contributed by atoms with E-state index in [9.17, 15) is 9.90 Å². The summed E-state index contributed by atoms with van der Waals surface area (Å²) in [6.07, 6.45) is 0.579. The lowest BCUT2D eigenvalue weighted by molar-refractivity contribution is 0.0353. The molecule has 8 nitrogen and oxygen atoms in total. The molecule has 146 valence electrons. The van der Waals surface area contributed by atoms with Crippen LogP contribution in [0.25, 0.3) is 5.69 Å². The fraction of sp³-hybridized carbons (Fsp3) is 0.526. The predicted molar refractivity (Wildman–Crippen MR) is 99.6 cm³/mol. The molecule has 1 aliphatic rings. The molecule has 1 fully saturated rings. The van der Waals surface area contributed by atoms with Crippen LogP contribution in [-0.4, -0.2) is 77.3 Å². The number of para-hydroxylation sites is 1. The molecule has 27 heavy (non-hydrogen) atoms. The smallest absolute Gasteiger partial charge is 0.337 e. The van der Waals surface area contributed by atoms with Crippen LogP contribution in [0, 0.1) is 0 Å². The van der Waals surface area contributed by atoms with Crippen molar-refractivity contribution in [3.05, 3.63) is 41.5 Å². The van der Waals surface area contributed by atoms with Crippen molar-refractivity contribution in [1.29, 1.82) is 0 Å². The van der Waals surface area contributed by atoms with Crippen molar-refractivity contribution in [2.45, 2.75) is 19.3 Å². The highest BCUT2D eigenvalue weighted by Crippen LogP contribution is 2.22.